The van der Waals surface area contributed by atoms with Crippen LogP contribution in [-0.4, -0.2) is 54.5 Å². The highest BCUT2D eigenvalue weighted by molar-refractivity contribution is 5.90. The maximum atomic E-state index is 11.5. The van der Waals surface area contributed by atoms with Gasteiger partial charge in [0.05, 0.1) is 6.61 Å². The van der Waals surface area contributed by atoms with E-state index in [1.54, 1.807) is 0 Å². The minimum Gasteiger partial charge on any atom is -0.624 e. The molecule has 0 radical (unpaired) electrons. The molecular formula is C10H15NO5. The van der Waals surface area contributed by atoms with Gasteiger partial charge in [-0.1, -0.05) is 0 Å². The van der Waals surface area contributed by atoms with Gasteiger partial charge in [-0.15, -0.1) is 0 Å². The van der Waals surface area contributed by atoms with Crippen LogP contribution in [0.4, 0.5) is 0 Å². The van der Waals surface area contributed by atoms with E-state index in [1.165, 1.54) is 7.05 Å². The first-order valence-electron chi connectivity index (χ1n) is 5.38. The Bertz CT molecular complexity index is 349. The van der Waals surface area contributed by atoms with Crippen molar-refractivity contribution in [3.05, 3.63) is 5.21 Å². The van der Waals surface area contributed by atoms with Crippen LogP contribution in [0.25, 0.3) is 0 Å². The summed E-state index contributed by atoms with van der Waals surface area (Å²) in [5.74, 6) is -0.701. The van der Waals surface area contributed by atoms with E-state index in [-0.39, 0.29) is 18.3 Å². The van der Waals surface area contributed by atoms with Crippen molar-refractivity contribution in [3.8, 4) is 0 Å². The maximum Gasteiger partial charge on any atom is 0.226 e. The van der Waals surface area contributed by atoms with E-state index in [2.05, 4.69) is 0 Å². The van der Waals surface area contributed by atoms with Gasteiger partial charge < -0.3 is 24.2 Å². The molecule has 0 unspecified atom stereocenters. The number of hydrogen-bond acceptors (Lipinski definition) is 5. The van der Waals surface area contributed by atoms with Crippen molar-refractivity contribution in [1.82, 2.24) is 0 Å². The van der Waals surface area contributed by atoms with Gasteiger partial charge in [-0.3, -0.25) is 0 Å². The standard InChI is InChI=1S/C10H15NO5/c1-10(2)15-7-6(11(3)12)5-4-13-9(14-5)8(7)16-10/h5,7-9H,4H2,1-3H3/b11-6-/t5-,7-,8-,9+/m0/s1. The molecule has 0 aromatic heterocycles. The lowest BCUT2D eigenvalue weighted by Gasteiger charge is -2.27. The van der Waals surface area contributed by atoms with E-state index in [0.29, 0.717) is 12.3 Å². The third-order valence-electron chi connectivity index (χ3n) is 3.09. The molecule has 3 heterocycles. The SMILES string of the molecule is C/[N+]([O-])=C1\[C@@H]2CO[C@H](O2)[C@H]2OC(C)(C)O[C@@H]12. The first-order chi connectivity index (χ1) is 7.48. The van der Waals surface area contributed by atoms with Crippen LogP contribution in [0, 0.1) is 5.21 Å². The van der Waals surface area contributed by atoms with Crippen molar-refractivity contribution in [3.63, 3.8) is 0 Å². The van der Waals surface area contributed by atoms with Gasteiger partial charge in [-0.05, 0) is 13.8 Å². The zero-order chi connectivity index (χ0) is 11.5. The number of rotatable bonds is 0. The van der Waals surface area contributed by atoms with E-state index in [4.69, 9.17) is 18.9 Å². The Kier molecular flexibility index (Phi) is 2.07. The lowest BCUT2D eigenvalue weighted by atomic mass is 10.0. The zero-order valence-electron chi connectivity index (χ0n) is 9.50. The van der Waals surface area contributed by atoms with E-state index >= 15 is 0 Å². The Morgan fingerprint density at radius 3 is 2.81 bits per heavy atom. The monoisotopic (exact) mass is 229 g/mol. The quantitative estimate of drug-likeness (QED) is 0.328. The minimum absolute atomic E-state index is 0.300. The molecule has 0 aliphatic carbocycles. The highest BCUT2D eigenvalue weighted by atomic mass is 16.8. The fraction of sp³-hybridized carbons (Fsp3) is 0.900. The van der Waals surface area contributed by atoms with E-state index < -0.39 is 12.1 Å². The fourth-order valence-electron chi connectivity index (χ4n) is 2.53. The molecule has 0 aromatic rings. The smallest absolute Gasteiger partial charge is 0.226 e. The Labute approximate surface area is 93.3 Å². The van der Waals surface area contributed by atoms with Crippen LogP contribution < -0.4 is 0 Å². The summed E-state index contributed by atoms with van der Waals surface area (Å²) in [6.45, 7) is 4.04. The molecule has 3 fully saturated rings. The molecule has 6 heteroatoms. The molecule has 3 aliphatic heterocycles. The Morgan fingerprint density at radius 1 is 1.38 bits per heavy atom. The minimum atomic E-state index is -0.701. The summed E-state index contributed by atoms with van der Waals surface area (Å²) in [5.41, 5.74) is 0.560. The second kappa shape index (κ2) is 3.16. The lowest BCUT2D eigenvalue weighted by Crippen LogP contribution is -2.52. The summed E-state index contributed by atoms with van der Waals surface area (Å²) >= 11 is 0. The second-order valence-electron chi connectivity index (χ2n) is 4.77. The van der Waals surface area contributed by atoms with Gasteiger partial charge in [0.15, 0.2) is 24.3 Å². The summed E-state index contributed by atoms with van der Waals surface area (Å²) in [6.07, 6.45) is -1.42. The summed E-state index contributed by atoms with van der Waals surface area (Å²) in [6, 6.07) is 0. The number of hydroxylamine groups is 1. The van der Waals surface area contributed by atoms with E-state index in [9.17, 15) is 5.21 Å². The third-order valence-corrected chi connectivity index (χ3v) is 3.09. The summed E-state index contributed by atoms with van der Waals surface area (Å²) in [5, 5.41) is 11.5. The van der Waals surface area contributed by atoms with Crippen LogP contribution in [0.5, 0.6) is 0 Å². The van der Waals surface area contributed by atoms with E-state index in [0.717, 1.165) is 4.74 Å². The largest absolute Gasteiger partial charge is 0.624 e. The Hall–Kier alpha value is -0.690. The topological polar surface area (TPSA) is 63.0 Å². The number of nitrogens with zero attached hydrogens (tertiary/aromatic N) is 1. The molecule has 0 N–H and O–H groups in total. The Morgan fingerprint density at radius 2 is 2.12 bits per heavy atom. The predicted octanol–water partition coefficient (Wildman–Crippen LogP) is -0.157. The second-order valence-corrected chi connectivity index (χ2v) is 4.77. The fourth-order valence-corrected chi connectivity index (χ4v) is 2.53. The van der Waals surface area contributed by atoms with Crippen LogP contribution in [0.1, 0.15) is 13.8 Å². The average molecular weight is 229 g/mol. The normalized spacial score (nSPS) is 47.9. The molecule has 0 spiro atoms. The first kappa shape index (κ1) is 10.5. The predicted molar refractivity (Wildman–Crippen MR) is 53.0 cm³/mol. The molecule has 3 saturated heterocycles. The molecule has 90 valence electrons. The molecular weight excluding hydrogens is 214 g/mol. The first-order valence-corrected chi connectivity index (χ1v) is 5.38. The van der Waals surface area contributed by atoms with Gasteiger partial charge in [0.1, 0.15) is 13.2 Å². The Balaban J connectivity index is 1.99. The number of hydrogen-bond donors (Lipinski definition) is 0. The van der Waals surface area contributed by atoms with E-state index in [1.807, 2.05) is 13.8 Å². The van der Waals surface area contributed by atoms with Crippen molar-refractivity contribution in [2.45, 2.75) is 44.2 Å². The van der Waals surface area contributed by atoms with Gasteiger partial charge in [0, 0.05) is 0 Å². The maximum absolute atomic E-state index is 11.5. The molecule has 0 saturated carbocycles. The van der Waals surface area contributed by atoms with Crippen LogP contribution in [-0.2, 0) is 18.9 Å². The summed E-state index contributed by atoms with van der Waals surface area (Å²) in [7, 11) is 1.45. The highest BCUT2D eigenvalue weighted by Crippen LogP contribution is 2.38. The van der Waals surface area contributed by atoms with Crippen molar-refractivity contribution >= 4 is 5.71 Å². The average Bonchev–Trinajstić information content (AvgIpc) is 2.68. The third kappa shape index (κ3) is 1.37. The molecule has 4 atom stereocenters. The molecule has 6 nitrogen and oxygen atoms in total. The molecule has 3 aliphatic rings. The molecule has 0 aromatic carbocycles. The van der Waals surface area contributed by atoms with Crippen molar-refractivity contribution in [1.29, 1.82) is 0 Å². The van der Waals surface area contributed by atoms with Gasteiger partial charge in [0.2, 0.25) is 5.71 Å². The summed E-state index contributed by atoms with van der Waals surface area (Å²) in [4.78, 5) is 0. The molecule has 2 bridgehead atoms. The number of fused-ring (bicyclic) bond motifs is 4. The zero-order valence-corrected chi connectivity index (χ0v) is 9.50. The van der Waals surface area contributed by atoms with Crippen LogP contribution in [0.2, 0.25) is 0 Å². The van der Waals surface area contributed by atoms with Crippen LogP contribution in [0.3, 0.4) is 0 Å². The van der Waals surface area contributed by atoms with Gasteiger partial charge in [-0.2, -0.15) is 0 Å². The van der Waals surface area contributed by atoms with Gasteiger partial charge in [0.25, 0.3) is 0 Å². The van der Waals surface area contributed by atoms with Crippen molar-refractivity contribution < 1.29 is 23.7 Å². The van der Waals surface area contributed by atoms with Gasteiger partial charge in [-0.25, -0.2) is 4.74 Å². The van der Waals surface area contributed by atoms with Crippen LogP contribution in [0.15, 0.2) is 0 Å². The lowest BCUT2D eigenvalue weighted by molar-refractivity contribution is -0.432. The van der Waals surface area contributed by atoms with Crippen LogP contribution >= 0.6 is 0 Å². The molecule has 16 heavy (non-hydrogen) atoms. The molecule has 0 amide bonds. The summed E-state index contributed by atoms with van der Waals surface area (Å²) < 4.78 is 23.3. The van der Waals surface area contributed by atoms with Crippen molar-refractivity contribution in [2.75, 3.05) is 13.7 Å². The number of ether oxygens (including phenoxy) is 4. The van der Waals surface area contributed by atoms with Gasteiger partial charge >= 0.3 is 0 Å². The molecule has 3 rings (SSSR count). The van der Waals surface area contributed by atoms with Crippen molar-refractivity contribution in [2.24, 2.45) is 0 Å². The highest BCUT2D eigenvalue weighted by Gasteiger charge is 2.59.